The highest BCUT2D eigenvalue weighted by Crippen LogP contribution is 2.23. The average molecular weight is 265 g/mol. The normalized spacial score (nSPS) is 12.2. The Kier molecular flexibility index (Phi) is 6.27. The standard InChI is InChI=1S/C15H23NOS/c1-5-15(17)13-8-6-7-9-14(13)16(3)12(2)10-11-18-4/h6-9,12H,5,10-11H2,1-4H3. The summed E-state index contributed by atoms with van der Waals surface area (Å²) < 4.78 is 0. The van der Waals surface area contributed by atoms with Crippen molar-refractivity contribution < 1.29 is 4.79 Å². The molecule has 0 aliphatic rings. The fourth-order valence-corrected chi connectivity index (χ4v) is 2.50. The Balaban J connectivity index is 2.90. The number of hydrogen-bond acceptors (Lipinski definition) is 3. The van der Waals surface area contributed by atoms with Crippen LogP contribution in [0.1, 0.15) is 37.0 Å². The van der Waals surface area contributed by atoms with Gasteiger partial charge in [-0.25, -0.2) is 0 Å². The van der Waals surface area contributed by atoms with E-state index in [9.17, 15) is 4.79 Å². The molecule has 0 bridgehead atoms. The summed E-state index contributed by atoms with van der Waals surface area (Å²) in [7, 11) is 2.08. The number of thioether (sulfide) groups is 1. The van der Waals surface area contributed by atoms with Crippen molar-refractivity contribution >= 4 is 23.2 Å². The molecule has 0 amide bonds. The predicted molar refractivity (Wildman–Crippen MR) is 81.9 cm³/mol. The first-order chi connectivity index (χ1) is 8.61. The minimum atomic E-state index is 0.217. The van der Waals surface area contributed by atoms with Crippen LogP contribution in [0.5, 0.6) is 0 Å². The van der Waals surface area contributed by atoms with E-state index in [1.807, 2.05) is 43.0 Å². The smallest absolute Gasteiger partial charge is 0.164 e. The number of para-hydroxylation sites is 1. The molecule has 0 aliphatic heterocycles. The number of benzene rings is 1. The van der Waals surface area contributed by atoms with Gasteiger partial charge in [-0.15, -0.1) is 0 Å². The molecule has 0 radical (unpaired) electrons. The predicted octanol–water partition coefficient (Wildman–Crippen LogP) is 3.86. The maximum absolute atomic E-state index is 11.9. The van der Waals surface area contributed by atoms with Gasteiger partial charge in [-0.3, -0.25) is 4.79 Å². The summed E-state index contributed by atoms with van der Waals surface area (Å²) in [5.41, 5.74) is 1.90. The molecule has 0 heterocycles. The quantitative estimate of drug-likeness (QED) is 0.698. The van der Waals surface area contributed by atoms with Crippen molar-refractivity contribution in [2.24, 2.45) is 0 Å². The van der Waals surface area contributed by atoms with Gasteiger partial charge in [-0.2, -0.15) is 11.8 Å². The molecular formula is C15H23NOS. The number of hydrogen-bond donors (Lipinski definition) is 0. The summed E-state index contributed by atoms with van der Waals surface area (Å²) in [4.78, 5) is 14.2. The largest absolute Gasteiger partial charge is 0.371 e. The third-order valence-corrected chi connectivity index (χ3v) is 3.95. The zero-order valence-electron chi connectivity index (χ0n) is 11.8. The second-order valence-corrected chi connectivity index (χ2v) is 5.52. The minimum absolute atomic E-state index is 0.217. The third kappa shape index (κ3) is 3.77. The Bertz CT molecular complexity index is 392. The van der Waals surface area contributed by atoms with Crippen molar-refractivity contribution in [1.29, 1.82) is 0 Å². The van der Waals surface area contributed by atoms with Crippen molar-refractivity contribution in [3.05, 3.63) is 29.8 Å². The second-order valence-electron chi connectivity index (χ2n) is 4.54. The number of rotatable bonds is 7. The average Bonchev–Trinajstić information content (AvgIpc) is 2.43. The third-order valence-electron chi connectivity index (χ3n) is 3.31. The van der Waals surface area contributed by atoms with Crippen LogP contribution in [0.15, 0.2) is 24.3 Å². The van der Waals surface area contributed by atoms with Gasteiger partial charge in [-0.05, 0) is 37.5 Å². The van der Waals surface area contributed by atoms with E-state index >= 15 is 0 Å². The number of ketones is 1. The fraction of sp³-hybridized carbons (Fsp3) is 0.533. The van der Waals surface area contributed by atoms with E-state index in [0.717, 1.165) is 23.4 Å². The zero-order chi connectivity index (χ0) is 13.5. The number of nitrogens with zero attached hydrogens (tertiary/aromatic N) is 1. The first kappa shape index (κ1) is 15.1. The van der Waals surface area contributed by atoms with E-state index in [2.05, 4.69) is 25.1 Å². The van der Waals surface area contributed by atoms with Crippen molar-refractivity contribution in [1.82, 2.24) is 0 Å². The summed E-state index contributed by atoms with van der Waals surface area (Å²) in [6.45, 7) is 4.12. The molecule has 0 saturated carbocycles. The minimum Gasteiger partial charge on any atom is -0.371 e. The Hall–Kier alpha value is -0.960. The molecular weight excluding hydrogens is 242 g/mol. The Morgan fingerprint density at radius 2 is 2.06 bits per heavy atom. The van der Waals surface area contributed by atoms with Gasteiger partial charge in [0.25, 0.3) is 0 Å². The van der Waals surface area contributed by atoms with Crippen LogP contribution in [0.2, 0.25) is 0 Å². The molecule has 1 aromatic carbocycles. The molecule has 100 valence electrons. The Labute approximate surface area is 115 Å². The van der Waals surface area contributed by atoms with Crippen LogP contribution in [0.25, 0.3) is 0 Å². The van der Waals surface area contributed by atoms with E-state index in [1.165, 1.54) is 0 Å². The molecule has 1 unspecified atom stereocenters. The van der Waals surface area contributed by atoms with Gasteiger partial charge >= 0.3 is 0 Å². The molecule has 0 N–H and O–H groups in total. The molecule has 3 heteroatoms. The highest BCUT2D eigenvalue weighted by molar-refractivity contribution is 7.98. The van der Waals surface area contributed by atoms with E-state index in [1.54, 1.807) is 0 Å². The monoisotopic (exact) mass is 265 g/mol. The second kappa shape index (κ2) is 7.47. The lowest BCUT2D eigenvalue weighted by molar-refractivity contribution is 0.0988. The number of carbonyl (C=O) groups is 1. The highest BCUT2D eigenvalue weighted by Gasteiger charge is 2.16. The van der Waals surface area contributed by atoms with Gasteiger partial charge in [0.1, 0.15) is 0 Å². The van der Waals surface area contributed by atoms with Crippen LogP contribution >= 0.6 is 11.8 Å². The molecule has 0 spiro atoms. The molecule has 1 atom stereocenters. The number of Topliss-reactive ketones (excluding diaryl/α,β-unsaturated/α-hetero) is 1. The lowest BCUT2D eigenvalue weighted by atomic mass is 10.0. The summed E-state index contributed by atoms with van der Waals surface area (Å²) >= 11 is 1.86. The topological polar surface area (TPSA) is 20.3 Å². The van der Waals surface area contributed by atoms with Crippen LogP contribution < -0.4 is 4.90 Å². The molecule has 0 aliphatic carbocycles. The number of anilines is 1. The molecule has 0 fully saturated rings. The van der Waals surface area contributed by atoms with Gasteiger partial charge in [0.15, 0.2) is 5.78 Å². The first-order valence-electron chi connectivity index (χ1n) is 6.45. The lowest BCUT2D eigenvalue weighted by Gasteiger charge is -2.28. The van der Waals surface area contributed by atoms with E-state index in [0.29, 0.717) is 12.5 Å². The van der Waals surface area contributed by atoms with Crippen molar-refractivity contribution in [3.8, 4) is 0 Å². The Morgan fingerprint density at radius 3 is 2.67 bits per heavy atom. The van der Waals surface area contributed by atoms with Crippen molar-refractivity contribution in [2.45, 2.75) is 32.7 Å². The maximum Gasteiger partial charge on any atom is 0.164 e. The van der Waals surface area contributed by atoms with Crippen molar-refractivity contribution in [2.75, 3.05) is 24.0 Å². The van der Waals surface area contributed by atoms with Crippen molar-refractivity contribution in [3.63, 3.8) is 0 Å². The van der Waals surface area contributed by atoms with Crippen LogP contribution in [-0.2, 0) is 0 Å². The molecule has 1 aromatic rings. The van der Waals surface area contributed by atoms with Crippen LogP contribution in [0.4, 0.5) is 5.69 Å². The molecule has 1 rings (SSSR count). The summed E-state index contributed by atoms with van der Waals surface area (Å²) in [6.07, 6.45) is 3.82. The molecule has 2 nitrogen and oxygen atoms in total. The maximum atomic E-state index is 11.9. The lowest BCUT2D eigenvalue weighted by Crippen LogP contribution is -2.30. The van der Waals surface area contributed by atoms with Gasteiger partial charge in [0, 0.05) is 30.8 Å². The van der Waals surface area contributed by atoms with Gasteiger partial charge in [0.2, 0.25) is 0 Å². The van der Waals surface area contributed by atoms with E-state index < -0.39 is 0 Å². The van der Waals surface area contributed by atoms with E-state index in [-0.39, 0.29) is 5.78 Å². The van der Waals surface area contributed by atoms with E-state index in [4.69, 9.17) is 0 Å². The SMILES string of the molecule is CCC(=O)c1ccccc1N(C)C(C)CCSC. The molecule has 18 heavy (non-hydrogen) atoms. The van der Waals surface area contributed by atoms with Gasteiger partial charge < -0.3 is 4.90 Å². The highest BCUT2D eigenvalue weighted by atomic mass is 32.2. The summed E-state index contributed by atoms with van der Waals surface area (Å²) in [5, 5.41) is 0. The van der Waals surface area contributed by atoms with Crippen LogP contribution in [-0.4, -0.2) is 30.9 Å². The Morgan fingerprint density at radius 1 is 1.39 bits per heavy atom. The summed E-state index contributed by atoms with van der Waals surface area (Å²) in [5.74, 6) is 1.37. The molecule has 0 saturated heterocycles. The number of carbonyl (C=O) groups excluding carboxylic acids is 1. The van der Waals surface area contributed by atoms with Crippen LogP contribution in [0.3, 0.4) is 0 Å². The van der Waals surface area contributed by atoms with Crippen LogP contribution in [0, 0.1) is 0 Å². The fourth-order valence-electron chi connectivity index (χ4n) is 1.93. The zero-order valence-corrected chi connectivity index (χ0v) is 12.6. The first-order valence-corrected chi connectivity index (χ1v) is 7.85. The summed E-state index contributed by atoms with van der Waals surface area (Å²) in [6, 6.07) is 8.35. The van der Waals surface area contributed by atoms with Gasteiger partial charge in [0.05, 0.1) is 0 Å². The van der Waals surface area contributed by atoms with Gasteiger partial charge in [-0.1, -0.05) is 19.1 Å². The molecule has 0 aromatic heterocycles.